The molecule has 0 atom stereocenters. The van der Waals surface area contributed by atoms with Crippen LogP contribution in [0.25, 0.3) is 0 Å². The van der Waals surface area contributed by atoms with E-state index in [0.717, 1.165) is 12.1 Å². The van der Waals surface area contributed by atoms with Gasteiger partial charge < -0.3 is 5.73 Å². The summed E-state index contributed by atoms with van der Waals surface area (Å²) in [6.45, 7) is 0.0275. The lowest BCUT2D eigenvalue weighted by atomic mass is 10.2. The van der Waals surface area contributed by atoms with Crippen molar-refractivity contribution in [2.45, 2.75) is 6.54 Å². The molecule has 0 aromatic heterocycles. The van der Waals surface area contributed by atoms with Gasteiger partial charge in [0.2, 0.25) is 0 Å². The predicted octanol–water partition coefficient (Wildman–Crippen LogP) is 2.03. The highest BCUT2D eigenvalue weighted by Crippen LogP contribution is 2.15. The summed E-state index contributed by atoms with van der Waals surface area (Å²) in [6, 6.07) is 2.26. The Labute approximate surface area is 76.7 Å². The molecule has 1 nitrogen and oxygen atoms in total. The van der Waals surface area contributed by atoms with Crippen molar-refractivity contribution in [2.75, 3.05) is 0 Å². The van der Waals surface area contributed by atoms with Crippen molar-refractivity contribution in [1.82, 2.24) is 0 Å². The maximum Gasteiger partial charge on any atom is 0.137 e. The molecule has 1 rings (SSSR count). The third-order valence-electron chi connectivity index (χ3n) is 1.31. The molecule has 60 valence electrons. The van der Waals surface area contributed by atoms with E-state index in [9.17, 15) is 8.78 Å². The second-order valence-electron chi connectivity index (χ2n) is 2.06. The largest absolute Gasteiger partial charge is 0.326 e. The molecule has 1 aromatic carbocycles. The Morgan fingerprint density at radius 2 is 1.91 bits per heavy atom. The van der Waals surface area contributed by atoms with Crippen LogP contribution in [0.1, 0.15) is 5.56 Å². The number of benzene rings is 1. The molecule has 0 aliphatic heterocycles. The summed E-state index contributed by atoms with van der Waals surface area (Å²) < 4.78 is 25.8. The first kappa shape index (κ1) is 8.86. The smallest absolute Gasteiger partial charge is 0.137 e. The molecule has 2 N–H and O–H groups in total. The van der Waals surface area contributed by atoms with E-state index >= 15 is 0 Å². The number of hydrogen-bond acceptors (Lipinski definition) is 1. The fourth-order valence-corrected chi connectivity index (χ4v) is 1.15. The highest BCUT2D eigenvalue weighted by molar-refractivity contribution is 14.1. The highest BCUT2D eigenvalue weighted by atomic mass is 127. The van der Waals surface area contributed by atoms with Gasteiger partial charge >= 0.3 is 0 Å². The van der Waals surface area contributed by atoms with Crippen LogP contribution in [0.5, 0.6) is 0 Å². The molecule has 0 bridgehead atoms. The number of rotatable bonds is 1. The minimum Gasteiger partial charge on any atom is -0.326 e. The van der Waals surface area contributed by atoms with Crippen LogP contribution in [0.15, 0.2) is 12.1 Å². The topological polar surface area (TPSA) is 26.0 Å². The van der Waals surface area contributed by atoms with E-state index in [0.29, 0.717) is 0 Å². The van der Waals surface area contributed by atoms with E-state index in [1.54, 1.807) is 22.6 Å². The van der Waals surface area contributed by atoms with Crippen molar-refractivity contribution in [3.8, 4) is 0 Å². The molecule has 11 heavy (non-hydrogen) atoms. The van der Waals surface area contributed by atoms with Gasteiger partial charge in [-0.1, -0.05) is 0 Å². The van der Waals surface area contributed by atoms with Crippen LogP contribution >= 0.6 is 22.6 Å². The third-order valence-corrected chi connectivity index (χ3v) is 2.14. The van der Waals surface area contributed by atoms with E-state index in [1.807, 2.05) is 0 Å². The first-order valence-corrected chi connectivity index (χ1v) is 4.06. The molecule has 0 saturated heterocycles. The lowest BCUT2D eigenvalue weighted by molar-refractivity contribution is 0.580. The summed E-state index contributed by atoms with van der Waals surface area (Å²) in [6.07, 6.45) is 0. The van der Waals surface area contributed by atoms with Crippen molar-refractivity contribution >= 4 is 22.6 Å². The molecule has 1 aromatic rings. The average Bonchev–Trinajstić information content (AvgIpc) is 1.97. The number of halogens is 3. The van der Waals surface area contributed by atoms with E-state index in [1.165, 1.54) is 0 Å². The molecule has 0 aliphatic rings. The normalized spacial score (nSPS) is 10.2. The molecule has 0 amide bonds. The molecule has 0 unspecified atom stereocenters. The maximum absolute atomic E-state index is 12.8. The van der Waals surface area contributed by atoms with E-state index in [4.69, 9.17) is 5.73 Å². The Bertz CT molecular complexity index is 275. The summed E-state index contributed by atoms with van der Waals surface area (Å²) in [5.41, 5.74) is 5.37. The van der Waals surface area contributed by atoms with Crippen molar-refractivity contribution < 1.29 is 8.78 Å². The van der Waals surface area contributed by atoms with E-state index in [-0.39, 0.29) is 15.7 Å². The maximum atomic E-state index is 12.8. The van der Waals surface area contributed by atoms with Gasteiger partial charge in [0, 0.05) is 12.1 Å². The van der Waals surface area contributed by atoms with Crippen LogP contribution in [-0.2, 0) is 6.54 Å². The van der Waals surface area contributed by atoms with Gasteiger partial charge in [-0.2, -0.15) is 0 Å². The molecule has 0 radical (unpaired) electrons. The minimum atomic E-state index is -0.446. The molecule has 0 saturated carbocycles. The zero-order valence-electron chi connectivity index (χ0n) is 5.57. The van der Waals surface area contributed by atoms with Crippen LogP contribution < -0.4 is 5.73 Å². The Balaban J connectivity index is 3.21. The van der Waals surface area contributed by atoms with Crippen LogP contribution in [0.3, 0.4) is 0 Å². The van der Waals surface area contributed by atoms with Gasteiger partial charge in [0.1, 0.15) is 11.6 Å². The summed E-state index contributed by atoms with van der Waals surface area (Å²) in [4.78, 5) is 0. The minimum absolute atomic E-state index is 0.0275. The molecular formula is C7H6F2IN. The van der Waals surface area contributed by atoms with Crippen molar-refractivity contribution in [1.29, 1.82) is 0 Å². The lowest BCUT2D eigenvalue weighted by Crippen LogP contribution is -2.01. The molecule has 0 spiro atoms. The molecule has 0 heterocycles. The van der Waals surface area contributed by atoms with E-state index < -0.39 is 11.6 Å². The predicted molar refractivity (Wildman–Crippen MR) is 47.0 cm³/mol. The summed E-state index contributed by atoms with van der Waals surface area (Å²) >= 11 is 1.73. The van der Waals surface area contributed by atoms with Crippen molar-refractivity contribution in [2.24, 2.45) is 5.73 Å². The quantitative estimate of drug-likeness (QED) is 0.612. The lowest BCUT2D eigenvalue weighted by Gasteiger charge is -2.00. The fraction of sp³-hybridized carbons (Fsp3) is 0.143. The monoisotopic (exact) mass is 269 g/mol. The van der Waals surface area contributed by atoms with Crippen LogP contribution in [0.2, 0.25) is 0 Å². The zero-order valence-corrected chi connectivity index (χ0v) is 7.73. The molecular weight excluding hydrogens is 263 g/mol. The van der Waals surface area contributed by atoms with Crippen molar-refractivity contribution in [3.63, 3.8) is 0 Å². The second-order valence-corrected chi connectivity index (χ2v) is 3.22. The van der Waals surface area contributed by atoms with Gasteiger partial charge in [0.25, 0.3) is 0 Å². The fourth-order valence-electron chi connectivity index (χ4n) is 0.720. The van der Waals surface area contributed by atoms with Gasteiger partial charge in [-0.25, -0.2) is 8.78 Å². The Kier molecular flexibility index (Phi) is 2.78. The van der Waals surface area contributed by atoms with Crippen LogP contribution in [0, 0.1) is 15.2 Å². The number of nitrogens with two attached hydrogens (primary N) is 1. The molecule has 0 aliphatic carbocycles. The van der Waals surface area contributed by atoms with Gasteiger partial charge in [-0.3, -0.25) is 0 Å². The Morgan fingerprint density at radius 3 is 2.45 bits per heavy atom. The standard InChI is InChI=1S/C7H6F2IN/c8-5-2-7(10)6(9)1-4(5)3-11/h1-2H,3,11H2. The van der Waals surface area contributed by atoms with Crippen LogP contribution in [-0.4, -0.2) is 0 Å². The average molecular weight is 269 g/mol. The summed E-state index contributed by atoms with van der Waals surface area (Å²) in [5, 5.41) is 0. The second kappa shape index (κ2) is 3.44. The summed E-state index contributed by atoms with van der Waals surface area (Å²) in [7, 11) is 0. The Hall–Kier alpha value is -0.230. The first-order chi connectivity index (χ1) is 5.15. The first-order valence-electron chi connectivity index (χ1n) is 2.98. The van der Waals surface area contributed by atoms with Crippen molar-refractivity contribution in [3.05, 3.63) is 32.9 Å². The third kappa shape index (κ3) is 1.87. The van der Waals surface area contributed by atoms with Crippen LogP contribution in [0.4, 0.5) is 8.78 Å². The SMILES string of the molecule is NCc1cc(F)c(I)cc1F. The zero-order chi connectivity index (χ0) is 8.43. The molecule has 0 fully saturated rings. The van der Waals surface area contributed by atoms with Gasteiger partial charge in [0.05, 0.1) is 3.57 Å². The highest BCUT2D eigenvalue weighted by Gasteiger charge is 2.05. The van der Waals surface area contributed by atoms with Gasteiger partial charge in [-0.05, 0) is 34.7 Å². The van der Waals surface area contributed by atoms with Gasteiger partial charge in [0.15, 0.2) is 0 Å². The van der Waals surface area contributed by atoms with Gasteiger partial charge in [-0.15, -0.1) is 0 Å². The Morgan fingerprint density at radius 1 is 1.27 bits per heavy atom. The molecule has 4 heteroatoms. The van der Waals surface area contributed by atoms with E-state index in [2.05, 4.69) is 0 Å². The number of hydrogen-bond donors (Lipinski definition) is 1. The summed E-state index contributed by atoms with van der Waals surface area (Å²) in [5.74, 6) is -0.870.